The second-order valence-corrected chi connectivity index (χ2v) is 6.65. The number of hydrogen-bond donors (Lipinski definition) is 1. The van der Waals surface area contributed by atoms with Gasteiger partial charge in [-0.2, -0.15) is 0 Å². The fourth-order valence-corrected chi connectivity index (χ4v) is 3.76. The van der Waals surface area contributed by atoms with Crippen LogP contribution >= 0.6 is 0 Å². The molecule has 2 aromatic carbocycles. The van der Waals surface area contributed by atoms with Gasteiger partial charge in [0.2, 0.25) is 0 Å². The average Bonchev–Trinajstić information content (AvgIpc) is 2.86. The van der Waals surface area contributed by atoms with Gasteiger partial charge in [0.05, 0.1) is 6.61 Å². The van der Waals surface area contributed by atoms with Gasteiger partial charge in [-0.3, -0.25) is 0 Å². The van der Waals surface area contributed by atoms with Crippen LogP contribution in [0.3, 0.4) is 0 Å². The fraction of sp³-hybridized carbons (Fsp3) is 0.368. The van der Waals surface area contributed by atoms with Gasteiger partial charge in [0.15, 0.2) is 0 Å². The maximum absolute atomic E-state index is 15.2. The van der Waals surface area contributed by atoms with Crippen LogP contribution in [0, 0.1) is 6.92 Å². The van der Waals surface area contributed by atoms with E-state index in [1.807, 2.05) is 49.4 Å². The van der Waals surface area contributed by atoms with E-state index in [-0.39, 0.29) is 12.6 Å². The van der Waals surface area contributed by atoms with Crippen molar-refractivity contribution in [2.45, 2.75) is 37.5 Å². The number of benzene rings is 2. The van der Waals surface area contributed by atoms with Gasteiger partial charge >= 0.3 is 0 Å². The lowest BCUT2D eigenvalue weighted by molar-refractivity contribution is 0.0749. The van der Waals surface area contributed by atoms with Crippen molar-refractivity contribution in [3.05, 3.63) is 71.3 Å². The van der Waals surface area contributed by atoms with Crippen molar-refractivity contribution in [2.24, 2.45) is 0 Å². The zero-order chi connectivity index (χ0) is 15.6. The molecular weight excluding hydrogens is 274 g/mol. The van der Waals surface area contributed by atoms with E-state index in [9.17, 15) is 5.11 Å². The van der Waals surface area contributed by atoms with Crippen molar-refractivity contribution >= 4 is 6.71 Å². The zero-order valence-corrected chi connectivity index (χ0v) is 13.0. The summed E-state index contributed by atoms with van der Waals surface area (Å²) < 4.78 is 15.2. The monoisotopic (exact) mass is 296 g/mol. The molecular formula is C19H22BFO. The molecule has 114 valence electrons. The van der Waals surface area contributed by atoms with Crippen molar-refractivity contribution in [2.75, 3.05) is 6.61 Å². The van der Waals surface area contributed by atoms with Gasteiger partial charge in [0, 0.05) is 5.92 Å². The van der Waals surface area contributed by atoms with Crippen LogP contribution in [0.2, 0.25) is 12.6 Å². The maximum atomic E-state index is 15.2. The summed E-state index contributed by atoms with van der Waals surface area (Å²) in [6, 6.07) is 18.3. The van der Waals surface area contributed by atoms with E-state index < -0.39 is 12.3 Å². The van der Waals surface area contributed by atoms with Crippen molar-refractivity contribution in [3.8, 4) is 0 Å². The Bertz CT molecular complexity index is 613. The smallest absolute Gasteiger partial charge is 0.149 e. The van der Waals surface area contributed by atoms with E-state index in [0.717, 1.165) is 18.2 Å². The summed E-state index contributed by atoms with van der Waals surface area (Å²) in [5.74, 6) is -0.202. The highest BCUT2D eigenvalue weighted by atomic mass is 19.1. The van der Waals surface area contributed by atoms with Gasteiger partial charge in [-0.1, -0.05) is 72.0 Å². The second-order valence-electron chi connectivity index (χ2n) is 6.65. The summed E-state index contributed by atoms with van der Waals surface area (Å²) in [6.07, 6.45) is 2.13. The van der Waals surface area contributed by atoms with Crippen LogP contribution in [-0.2, 0) is 6.32 Å². The lowest BCUT2D eigenvalue weighted by Gasteiger charge is -2.26. The SMILES string of the molecule is Cc1ccc([C@@H]2CB(Cc3ccccc3)C[C@@]2(F)CO)cc1. The Labute approximate surface area is 132 Å². The lowest BCUT2D eigenvalue weighted by Crippen LogP contribution is -2.30. The Morgan fingerprint density at radius 2 is 1.82 bits per heavy atom. The minimum Gasteiger partial charge on any atom is -0.393 e. The fourth-order valence-electron chi connectivity index (χ4n) is 3.76. The van der Waals surface area contributed by atoms with E-state index in [4.69, 9.17) is 0 Å². The van der Waals surface area contributed by atoms with Gasteiger partial charge in [-0.05, 0) is 25.1 Å². The Balaban J connectivity index is 1.79. The standard InChI is InChI=1S/C19H22BFO/c1-15-7-9-17(10-8-15)18-12-20(13-19(18,21)14-22)11-16-5-3-2-4-6-16/h2-10,18,22H,11-14H2,1H3/t18-,19+/m0/s1. The zero-order valence-electron chi connectivity index (χ0n) is 13.0. The summed E-state index contributed by atoms with van der Waals surface area (Å²) in [4.78, 5) is 0. The first-order valence-corrected chi connectivity index (χ1v) is 8.01. The second kappa shape index (κ2) is 6.25. The summed E-state index contributed by atoms with van der Waals surface area (Å²) in [6.45, 7) is 1.92. The third kappa shape index (κ3) is 3.10. The number of hydrogen-bond acceptors (Lipinski definition) is 1. The van der Waals surface area contributed by atoms with Crippen LogP contribution in [0.25, 0.3) is 0 Å². The molecule has 0 bridgehead atoms. The Morgan fingerprint density at radius 1 is 1.14 bits per heavy atom. The molecule has 0 aliphatic carbocycles. The van der Waals surface area contributed by atoms with Crippen molar-refractivity contribution < 1.29 is 9.50 Å². The molecule has 1 aliphatic heterocycles. The quantitative estimate of drug-likeness (QED) is 0.843. The average molecular weight is 296 g/mol. The molecule has 1 aliphatic rings. The van der Waals surface area contributed by atoms with Crippen LogP contribution in [0.15, 0.2) is 54.6 Å². The van der Waals surface area contributed by atoms with Crippen molar-refractivity contribution in [1.29, 1.82) is 0 Å². The maximum Gasteiger partial charge on any atom is 0.149 e. The van der Waals surface area contributed by atoms with E-state index in [1.165, 1.54) is 11.1 Å². The van der Waals surface area contributed by atoms with Crippen LogP contribution < -0.4 is 0 Å². The Kier molecular flexibility index (Phi) is 4.35. The Morgan fingerprint density at radius 3 is 2.45 bits per heavy atom. The molecule has 22 heavy (non-hydrogen) atoms. The molecule has 2 aromatic rings. The van der Waals surface area contributed by atoms with Gasteiger partial charge < -0.3 is 5.11 Å². The van der Waals surface area contributed by atoms with Gasteiger partial charge in [0.1, 0.15) is 12.4 Å². The van der Waals surface area contributed by atoms with Gasteiger partial charge in [-0.15, -0.1) is 0 Å². The molecule has 3 rings (SSSR count). The molecule has 2 atom stereocenters. The third-order valence-electron chi connectivity index (χ3n) is 4.93. The van der Waals surface area contributed by atoms with E-state index >= 15 is 4.39 Å². The molecule has 0 radical (unpaired) electrons. The van der Waals surface area contributed by atoms with E-state index in [2.05, 4.69) is 12.1 Å². The number of rotatable bonds is 4. The topological polar surface area (TPSA) is 20.2 Å². The first-order chi connectivity index (χ1) is 10.6. The highest BCUT2D eigenvalue weighted by Gasteiger charge is 2.49. The van der Waals surface area contributed by atoms with Gasteiger partial charge in [-0.25, -0.2) is 4.39 Å². The van der Waals surface area contributed by atoms with E-state index in [0.29, 0.717) is 6.32 Å². The predicted octanol–water partition coefficient (Wildman–Crippen LogP) is 4.07. The molecule has 1 fully saturated rings. The van der Waals surface area contributed by atoms with Crippen LogP contribution in [-0.4, -0.2) is 24.1 Å². The number of aryl methyl sites for hydroxylation is 1. The minimum atomic E-state index is -1.49. The van der Waals surface area contributed by atoms with Crippen LogP contribution in [0.1, 0.15) is 22.6 Å². The highest BCUT2D eigenvalue weighted by molar-refractivity contribution is 6.60. The normalized spacial score (nSPS) is 24.7. The first-order valence-electron chi connectivity index (χ1n) is 8.01. The van der Waals surface area contributed by atoms with Crippen LogP contribution in [0.5, 0.6) is 0 Å². The number of halogens is 1. The molecule has 1 heterocycles. The van der Waals surface area contributed by atoms with Gasteiger partial charge in [0.25, 0.3) is 0 Å². The largest absolute Gasteiger partial charge is 0.393 e. The molecule has 1 N–H and O–H groups in total. The molecule has 1 nitrogen and oxygen atoms in total. The van der Waals surface area contributed by atoms with Crippen molar-refractivity contribution in [3.63, 3.8) is 0 Å². The predicted molar refractivity (Wildman–Crippen MR) is 90.4 cm³/mol. The molecule has 3 heteroatoms. The Hall–Kier alpha value is -1.61. The number of alkyl halides is 1. The summed E-state index contributed by atoms with van der Waals surface area (Å²) >= 11 is 0. The molecule has 0 saturated carbocycles. The third-order valence-corrected chi connectivity index (χ3v) is 4.93. The van der Waals surface area contributed by atoms with Crippen LogP contribution in [0.4, 0.5) is 4.39 Å². The molecule has 0 aromatic heterocycles. The molecule has 0 unspecified atom stereocenters. The minimum absolute atomic E-state index is 0.202. The summed E-state index contributed by atoms with van der Waals surface area (Å²) in [7, 11) is 0. The summed E-state index contributed by atoms with van der Waals surface area (Å²) in [5, 5.41) is 9.62. The van der Waals surface area contributed by atoms with Crippen molar-refractivity contribution in [1.82, 2.24) is 0 Å². The highest BCUT2D eigenvalue weighted by Crippen LogP contribution is 2.47. The lowest BCUT2D eigenvalue weighted by atomic mass is 9.44. The molecule has 0 amide bonds. The molecule has 1 saturated heterocycles. The first kappa shape index (κ1) is 15.3. The van der Waals surface area contributed by atoms with E-state index in [1.54, 1.807) is 0 Å². The summed E-state index contributed by atoms with van der Waals surface area (Å²) in [5.41, 5.74) is 1.94. The molecule has 0 spiro atoms. The number of aliphatic hydroxyl groups is 1. The number of aliphatic hydroxyl groups excluding tert-OH is 1.